The smallest absolute Gasteiger partial charge is 0.211 e. The summed E-state index contributed by atoms with van der Waals surface area (Å²) in [6, 6.07) is 6.33. The molecule has 2 aromatic carbocycles. The van der Waals surface area contributed by atoms with Gasteiger partial charge in [-0.05, 0) is 28.1 Å². The van der Waals surface area contributed by atoms with Crippen LogP contribution in [0.15, 0.2) is 28.7 Å². The van der Waals surface area contributed by atoms with E-state index in [0.29, 0.717) is 0 Å². The van der Waals surface area contributed by atoms with Crippen molar-refractivity contribution in [1.29, 1.82) is 0 Å². The maximum atomic E-state index is 13.8. The number of benzene rings is 2. The van der Waals surface area contributed by atoms with Gasteiger partial charge in [0.2, 0.25) is 17.3 Å². The molecule has 1 heterocycles. The van der Waals surface area contributed by atoms with Crippen molar-refractivity contribution < 1.29 is 22.6 Å². The summed E-state index contributed by atoms with van der Waals surface area (Å²) in [6.07, 6.45) is 0. The predicted octanol–water partition coefficient (Wildman–Crippen LogP) is 4.76. The molecule has 0 bridgehead atoms. The summed E-state index contributed by atoms with van der Waals surface area (Å²) in [4.78, 5) is 0. The summed E-state index contributed by atoms with van der Waals surface area (Å²) in [5.41, 5.74) is 0. The molecule has 2 nitrogen and oxygen atoms in total. The lowest BCUT2D eigenvalue weighted by molar-refractivity contribution is 0.315. The summed E-state index contributed by atoms with van der Waals surface area (Å²) in [5.74, 6) is -4.32. The monoisotopic (exact) mass is 316 g/mol. The highest BCUT2D eigenvalue weighted by atomic mass is 79.9. The average Bonchev–Trinajstić information content (AvgIpc) is 2.41. The van der Waals surface area contributed by atoms with Crippen LogP contribution < -0.4 is 9.47 Å². The van der Waals surface area contributed by atoms with Gasteiger partial charge in [-0.2, -0.15) is 4.39 Å². The molecule has 0 fully saturated rings. The van der Waals surface area contributed by atoms with Crippen molar-refractivity contribution in [3.05, 3.63) is 46.2 Å². The Morgan fingerprint density at radius 2 is 1.28 bits per heavy atom. The van der Waals surface area contributed by atoms with Gasteiger partial charge in [0.1, 0.15) is 0 Å². The Labute approximate surface area is 108 Å². The molecule has 2 aromatic rings. The van der Waals surface area contributed by atoms with Crippen LogP contribution in [0.5, 0.6) is 23.0 Å². The van der Waals surface area contributed by atoms with E-state index < -0.39 is 33.4 Å². The molecule has 1 aliphatic heterocycles. The first kappa shape index (κ1) is 11.4. The molecule has 0 radical (unpaired) electrons. The minimum absolute atomic E-state index is 0.199. The molecule has 0 N–H and O–H groups in total. The zero-order valence-corrected chi connectivity index (χ0v) is 10.2. The van der Waals surface area contributed by atoms with Gasteiger partial charge in [-0.25, -0.2) is 8.78 Å². The fourth-order valence-corrected chi connectivity index (χ4v) is 1.97. The van der Waals surface area contributed by atoms with E-state index in [2.05, 4.69) is 15.9 Å². The molecule has 0 saturated heterocycles. The van der Waals surface area contributed by atoms with Crippen molar-refractivity contribution in [2.45, 2.75) is 0 Å². The fraction of sp³-hybridized carbons (Fsp3) is 0. The Morgan fingerprint density at radius 3 is 1.83 bits per heavy atom. The molecule has 0 spiro atoms. The third kappa shape index (κ3) is 1.49. The van der Waals surface area contributed by atoms with Gasteiger partial charge in [-0.15, -0.1) is 0 Å². The summed E-state index contributed by atoms with van der Waals surface area (Å²) in [5, 5.41) is 0. The lowest BCUT2D eigenvalue weighted by Crippen LogP contribution is -2.05. The minimum atomic E-state index is -1.35. The summed E-state index contributed by atoms with van der Waals surface area (Å²) in [6.45, 7) is 0. The third-order valence-electron chi connectivity index (χ3n) is 2.46. The Kier molecular flexibility index (Phi) is 2.48. The zero-order chi connectivity index (χ0) is 12.9. The number of para-hydroxylation sites is 2. The van der Waals surface area contributed by atoms with Crippen LogP contribution in [0.1, 0.15) is 0 Å². The van der Waals surface area contributed by atoms with Crippen LogP contribution in [-0.4, -0.2) is 0 Å². The van der Waals surface area contributed by atoms with Gasteiger partial charge < -0.3 is 9.47 Å². The lowest BCUT2D eigenvalue weighted by atomic mass is 10.2. The van der Waals surface area contributed by atoms with E-state index >= 15 is 0 Å². The topological polar surface area (TPSA) is 18.5 Å². The molecule has 0 saturated carbocycles. The Hall–Kier alpha value is -1.69. The van der Waals surface area contributed by atoms with Crippen molar-refractivity contribution in [3.8, 4) is 23.0 Å². The van der Waals surface area contributed by atoms with Crippen molar-refractivity contribution in [3.63, 3.8) is 0 Å². The molecular weight excluding hydrogens is 313 g/mol. The van der Waals surface area contributed by atoms with Gasteiger partial charge in [0, 0.05) is 0 Å². The predicted molar refractivity (Wildman–Crippen MR) is 60.6 cm³/mol. The molecule has 6 heteroatoms. The number of halogens is 4. The second-order valence-corrected chi connectivity index (χ2v) is 4.36. The van der Waals surface area contributed by atoms with E-state index in [-0.39, 0.29) is 11.5 Å². The maximum Gasteiger partial charge on any atom is 0.211 e. The van der Waals surface area contributed by atoms with E-state index in [9.17, 15) is 13.2 Å². The molecule has 1 aliphatic rings. The van der Waals surface area contributed by atoms with Crippen LogP contribution in [0, 0.1) is 17.5 Å². The van der Waals surface area contributed by atoms with Crippen molar-refractivity contribution >= 4 is 15.9 Å². The Balaban J connectivity index is 2.25. The number of hydrogen-bond acceptors (Lipinski definition) is 2. The van der Waals surface area contributed by atoms with Gasteiger partial charge in [0.05, 0.1) is 4.47 Å². The third-order valence-corrected chi connectivity index (χ3v) is 3.15. The average molecular weight is 317 g/mol. The minimum Gasteiger partial charge on any atom is -0.446 e. The SMILES string of the molecule is Fc1c(F)c2c(c(F)c1Br)Oc1ccccc1O2. The standard InChI is InChI=1S/C12H4BrF3O2/c13-7-8(14)10(16)12-11(9(7)15)17-5-3-1-2-4-6(5)18-12/h1-4H. The highest BCUT2D eigenvalue weighted by molar-refractivity contribution is 9.10. The molecule has 0 aliphatic carbocycles. The zero-order valence-electron chi connectivity index (χ0n) is 8.64. The quantitative estimate of drug-likeness (QED) is 0.439. The van der Waals surface area contributed by atoms with E-state index in [4.69, 9.17) is 9.47 Å². The molecular formula is C12H4BrF3O2. The van der Waals surface area contributed by atoms with Gasteiger partial charge in [-0.3, -0.25) is 0 Å². The second kappa shape index (κ2) is 3.91. The molecule has 0 amide bonds. The van der Waals surface area contributed by atoms with Gasteiger partial charge in [0.15, 0.2) is 23.1 Å². The lowest BCUT2D eigenvalue weighted by Gasteiger charge is -2.21. The molecule has 18 heavy (non-hydrogen) atoms. The maximum absolute atomic E-state index is 13.8. The van der Waals surface area contributed by atoms with Crippen LogP contribution in [0.25, 0.3) is 0 Å². The van der Waals surface area contributed by atoms with E-state index in [1.165, 1.54) is 12.1 Å². The van der Waals surface area contributed by atoms with Crippen LogP contribution in [0.3, 0.4) is 0 Å². The second-order valence-electron chi connectivity index (χ2n) is 3.57. The van der Waals surface area contributed by atoms with Crippen LogP contribution >= 0.6 is 15.9 Å². The van der Waals surface area contributed by atoms with Crippen molar-refractivity contribution in [1.82, 2.24) is 0 Å². The van der Waals surface area contributed by atoms with Gasteiger partial charge in [-0.1, -0.05) is 12.1 Å². The first-order chi connectivity index (χ1) is 8.59. The molecule has 3 rings (SSSR count). The summed E-state index contributed by atoms with van der Waals surface area (Å²) < 4.78 is 50.4. The molecule has 0 aromatic heterocycles. The molecule has 0 unspecified atom stereocenters. The highest BCUT2D eigenvalue weighted by Crippen LogP contribution is 2.49. The van der Waals surface area contributed by atoms with Crippen LogP contribution in [0.2, 0.25) is 0 Å². The summed E-state index contributed by atoms with van der Waals surface area (Å²) in [7, 11) is 0. The first-order valence-corrected chi connectivity index (χ1v) is 5.69. The number of ether oxygens (including phenoxy) is 2. The number of rotatable bonds is 0. The fourth-order valence-electron chi connectivity index (χ4n) is 1.61. The van der Waals surface area contributed by atoms with E-state index in [0.717, 1.165) is 0 Å². The van der Waals surface area contributed by atoms with Crippen LogP contribution in [-0.2, 0) is 0 Å². The first-order valence-electron chi connectivity index (χ1n) is 4.90. The number of hydrogen-bond donors (Lipinski definition) is 0. The normalized spacial score (nSPS) is 12.2. The Bertz CT molecular complexity index is 602. The van der Waals surface area contributed by atoms with Crippen molar-refractivity contribution in [2.24, 2.45) is 0 Å². The number of fused-ring (bicyclic) bond motifs is 2. The van der Waals surface area contributed by atoms with E-state index in [1.807, 2.05) is 0 Å². The van der Waals surface area contributed by atoms with Crippen LogP contribution in [0.4, 0.5) is 13.2 Å². The van der Waals surface area contributed by atoms with Crippen molar-refractivity contribution in [2.75, 3.05) is 0 Å². The van der Waals surface area contributed by atoms with Gasteiger partial charge >= 0.3 is 0 Å². The highest BCUT2D eigenvalue weighted by Gasteiger charge is 2.31. The Morgan fingerprint density at radius 1 is 0.778 bits per heavy atom. The van der Waals surface area contributed by atoms with Gasteiger partial charge in [0.25, 0.3) is 0 Å². The molecule has 0 atom stereocenters. The van der Waals surface area contributed by atoms with E-state index in [1.54, 1.807) is 12.1 Å². The largest absolute Gasteiger partial charge is 0.446 e. The summed E-state index contributed by atoms with van der Waals surface area (Å²) >= 11 is 2.62. The molecule has 92 valence electrons.